The van der Waals surface area contributed by atoms with E-state index in [1.165, 1.54) is 6.07 Å². The fourth-order valence-corrected chi connectivity index (χ4v) is 3.38. The monoisotopic (exact) mass is 350 g/mol. The lowest BCUT2D eigenvalue weighted by Gasteiger charge is -2.11. The zero-order chi connectivity index (χ0) is 17.3. The van der Waals surface area contributed by atoms with E-state index < -0.39 is 22.4 Å². The molecule has 3 rings (SSSR count). The third-order valence-corrected chi connectivity index (χ3v) is 4.40. The number of hydrogen-bond donors (Lipinski definition) is 0. The van der Waals surface area contributed by atoms with Crippen molar-refractivity contribution in [3.63, 3.8) is 0 Å². The number of para-hydroxylation sites is 2. The second kappa shape index (κ2) is 6.12. The Labute approximate surface area is 138 Å². The third kappa shape index (κ3) is 3.05. The lowest BCUT2D eigenvalue weighted by Crippen LogP contribution is -2.09. The molecule has 2 aromatic carbocycles. The van der Waals surface area contributed by atoms with Crippen LogP contribution in [0.25, 0.3) is 10.9 Å². The summed E-state index contributed by atoms with van der Waals surface area (Å²) < 4.78 is 39.2. The van der Waals surface area contributed by atoms with E-state index in [0.717, 1.165) is 23.2 Å². The van der Waals surface area contributed by atoms with E-state index in [9.17, 15) is 23.3 Å². The molecule has 0 N–H and O–H groups in total. The number of alkyl halides is 3. The normalized spacial score (nSPS) is 11.6. The third-order valence-electron chi connectivity index (χ3n) is 3.30. The molecule has 0 atom stereocenters. The fourth-order valence-electron chi connectivity index (χ4n) is 2.30. The van der Waals surface area contributed by atoms with Gasteiger partial charge in [-0.15, -0.1) is 0 Å². The highest BCUT2D eigenvalue weighted by atomic mass is 32.2. The van der Waals surface area contributed by atoms with Gasteiger partial charge in [-0.3, -0.25) is 15.1 Å². The van der Waals surface area contributed by atoms with Crippen LogP contribution in [-0.4, -0.2) is 9.91 Å². The number of pyridine rings is 1. The number of halogens is 3. The Morgan fingerprint density at radius 2 is 1.67 bits per heavy atom. The van der Waals surface area contributed by atoms with Crippen LogP contribution in [0.2, 0.25) is 0 Å². The highest BCUT2D eigenvalue weighted by molar-refractivity contribution is 7.99. The van der Waals surface area contributed by atoms with Gasteiger partial charge in [0, 0.05) is 16.5 Å². The van der Waals surface area contributed by atoms with Gasteiger partial charge in [-0.1, -0.05) is 36.0 Å². The van der Waals surface area contributed by atoms with E-state index >= 15 is 0 Å². The van der Waals surface area contributed by atoms with Crippen LogP contribution in [0, 0.1) is 10.1 Å². The molecule has 0 aliphatic rings. The first-order valence-electron chi connectivity index (χ1n) is 6.74. The summed E-state index contributed by atoms with van der Waals surface area (Å²) in [4.78, 5) is 14.9. The first-order valence-corrected chi connectivity index (χ1v) is 7.56. The molecular weight excluding hydrogens is 341 g/mol. The zero-order valence-electron chi connectivity index (χ0n) is 11.9. The summed E-state index contributed by atoms with van der Waals surface area (Å²) in [5, 5.41) is 12.0. The molecule has 1 aromatic heterocycles. The molecule has 0 saturated heterocycles. The van der Waals surface area contributed by atoms with Crippen LogP contribution in [0.4, 0.5) is 18.9 Å². The van der Waals surface area contributed by atoms with Crippen molar-refractivity contribution in [1.29, 1.82) is 0 Å². The lowest BCUT2D eigenvalue weighted by atomic mass is 10.2. The molecular formula is C16H9F3N2O2S. The Morgan fingerprint density at radius 3 is 2.38 bits per heavy atom. The van der Waals surface area contributed by atoms with E-state index in [1.54, 1.807) is 24.4 Å². The smallest absolute Gasteiger partial charge is 0.258 e. The number of rotatable bonds is 3. The van der Waals surface area contributed by atoms with Crippen LogP contribution < -0.4 is 0 Å². The first kappa shape index (κ1) is 16.3. The summed E-state index contributed by atoms with van der Waals surface area (Å²) in [7, 11) is 0. The average Bonchev–Trinajstić information content (AvgIpc) is 2.54. The van der Waals surface area contributed by atoms with Gasteiger partial charge < -0.3 is 0 Å². The summed E-state index contributed by atoms with van der Waals surface area (Å²) in [5.74, 6) is 0. The molecule has 3 aromatic rings. The first-order chi connectivity index (χ1) is 11.4. The van der Waals surface area contributed by atoms with Gasteiger partial charge in [-0.05, 0) is 24.3 Å². The van der Waals surface area contributed by atoms with Crippen LogP contribution in [0.5, 0.6) is 0 Å². The molecule has 0 radical (unpaired) electrons. The molecule has 0 aliphatic carbocycles. The maximum absolute atomic E-state index is 13.1. The summed E-state index contributed by atoms with van der Waals surface area (Å²) >= 11 is 0.898. The molecule has 1 heterocycles. The van der Waals surface area contributed by atoms with Gasteiger partial charge in [0.1, 0.15) is 5.56 Å². The van der Waals surface area contributed by atoms with E-state index in [-0.39, 0.29) is 4.90 Å². The second-order valence-corrected chi connectivity index (χ2v) is 5.92. The van der Waals surface area contributed by atoms with Gasteiger partial charge in [0.25, 0.3) is 5.69 Å². The van der Waals surface area contributed by atoms with Crippen molar-refractivity contribution >= 4 is 28.4 Å². The molecule has 4 nitrogen and oxygen atoms in total. The van der Waals surface area contributed by atoms with Gasteiger partial charge in [0.2, 0.25) is 0 Å². The van der Waals surface area contributed by atoms with Crippen LogP contribution in [0.15, 0.2) is 64.5 Å². The van der Waals surface area contributed by atoms with Crippen molar-refractivity contribution in [2.24, 2.45) is 0 Å². The van der Waals surface area contributed by atoms with Crippen LogP contribution >= 0.6 is 11.8 Å². The Hall–Kier alpha value is -2.61. The Morgan fingerprint density at radius 1 is 1.00 bits per heavy atom. The largest absolute Gasteiger partial charge is 0.423 e. The fraction of sp³-hybridized carbons (Fsp3) is 0.0625. The standard InChI is InChI=1S/C16H9F3N2O2S/c17-16(18,19)11-6-2-8-13(15(11)21(22)23)24-12-7-1-4-10-5-3-9-20-14(10)12/h1-9H. The van der Waals surface area contributed by atoms with Crippen molar-refractivity contribution in [2.75, 3.05) is 0 Å². The van der Waals surface area contributed by atoms with Gasteiger partial charge in [0.15, 0.2) is 0 Å². The quantitative estimate of drug-likeness (QED) is 0.474. The number of hydrogen-bond acceptors (Lipinski definition) is 4. The molecule has 0 amide bonds. The zero-order valence-corrected chi connectivity index (χ0v) is 12.8. The maximum Gasteiger partial charge on any atom is 0.423 e. The predicted molar refractivity (Wildman–Crippen MR) is 84.0 cm³/mol. The molecule has 0 saturated carbocycles. The molecule has 122 valence electrons. The highest BCUT2D eigenvalue weighted by Crippen LogP contribution is 2.44. The van der Waals surface area contributed by atoms with Gasteiger partial charge in [0.05, 0.1) is 15.3 Å². The van der Waals surface area contributed by atoms with Gasteiger partial charge >= 0.3 is 6.18 Å². The van der Waals surface area contributed by atoms with Crippen molar-refractivity contribution in [1.82, 2.24) is 4.98 Å². The number of aromatic nitrogens is 1. The number of nitrogens with zero attached hydrogens (tertiary/aromatic N) is 2. The molecule has 0 aliphatic heterocycles. The maximum atomic E-state index is 13.1. The number of nitro benzene ring substituents is 1. The minimum atomic E-state index is -4.80. The van der Waals surface area contributed by atoms with Crippen molar-refractivity contribution < 1.29 is 18.1 Å². The molecule has 0 spiro atoms. The Bertz CT molecular complexity index is 923. The van der Waals surface area contributed by atoms with Crippen molar-refractivity contribution in [3.8, 4) is 0 Å². The minimum Gasteiger partial charge on any atom is -0.258 e. The number of benzene rings is 2. The number of nitro groups is 1. The topological polar surface area (TPSA) is 56.0 Å². The predicted octanol–water partition coefficient (Wildman–Crippen LogP) is 5.31. The van der Waals surface area contributed by atoms with Gasteiger partial charge in [-0.2, -0.15) is 13.2 Å². The van der Waals surface area contributed by atoms with E-state index in [0.29, 0.717) is 16.5 Å². The van der Waals surface area contributed by atoms with E-state index in [1.807, 2.05) is 12.1 Å². The van der Waals surface area contributed by atoms with Crippen molar-refractivity contribution in [2.45, 2.75) is 16.0 Å². The second-order valence-electron chi connectivity index (χ2n) is 4.84. The van der Waals surface area contributed by atoms with Crippen molar-refractivity contribution in [3.05, 3.63) is 70.4 Å². The highest BCUT2D eigenvalue weighted by Gasteiger charge is 2.39. The SMILES string of the molecule is O=[N+]([O-])c1c(Sc2cccc3cccnc23)cccc1C(F)(F)F. The minimum absolute atomic E-state index is 0.0759. The molecule has 8 heteroatoms. The molecule has 24 heavy (non-hydrogen) atoms. The molecule has 0 fully saturated rings. The summed E-state index contributed by atoms with van der Waals surface area (Å²) in [6.45, 7) is 0. The Kier molecular flexibility index (Phi) is 4.15. The van der Waals surface area contributed by atoms with Gasteiger partial charge in [-0.25, -0.2) is 0 Å². The van der Waals surface area contributed by atoms with E-state index in [2.05, 4.69) is 4.98 Å². The van der Waals surface area contributed by atoms with Crippen LogP contribution in [-0.2, 0) is 6.18 Å². The summed E-state index contributed by atoms with van der Waals surface area (Å²) in [6, 6.07) is 11.9. The molecule has 0 bridgehead atoms. The number of fused-ring (bicyclic) bond motifs is 1. The van der Waals surface area contributed by atoms with Crippen LogP contribution in [0.1, 0.15) is 5.56 Å². The van der Waals surface area contributed by atoms with E-state index in [4.69, 9.17) is 0 Å². The summed E-state index contributed by atoms with van der Waals surface area (Å²) in [6.07, 6.45) is -3.23. The average molecular weight is 350 g/mol. The molecule has 0 unspecified atom stereocenters. The van der Waals surface area contributed by atoms with Crippen LogP contribution in [0.3, 0.4) is 0 Å². The Balaban J connectivity index is 2.15. The lowest BCUT2D eigenvalue weighted by molar-refractivity contribution is -0.391. The summed E-state index contributed by atoms with van der Waals surface area (Å²) in [5.41, 5.74) is -1.62.